The van der Waals surface area contributed by atoms with Gasteiger partial charge in [-0.25, -0.2) is 9.38 Å². The molecule has 2 aromatic carbocycles. The Labute approximate surface area is 178 Å². The van der Waals surface area contributed by atoms with Gasteiger partial charge in [-0.2, -0.15) is 0 Å². The smallest absolute Gasteiger partial charge is 0.237 e. The first-order chi connectivity index (χ1) is 14.1. The second-order valence-electron chi connectivity index (χ2n) is 9.40. The molecule has 0 unspecified atom stereocenters. The van der Waals surface area contributed by atoms with E-state index in [0.717, 1.165) is 18.4 Å². The maximum absolute atomic E-state index is 15.0. The van der Waals surface area contributed by atoms with Crippen LogP contribution in [0.3, 0.4) is 0 Å². The molecule has 1 fully saturated rings. The number of halogens is 1. The highest BCUT2D eigenvalue weighted by molar-refractivity contribution is 6.01. The summed E-state index contributed by atoms with van der Waals surface area (Å²) in [7, 11) is 1.61. The van der Waals surface area contributed by atoms with Crippen LogP contribution in [0.25, 0.3) is 0 Å². The fraction of sp³-hybridized carbons (Fsp3) is 0.440. The van der Waals surface area contributed by atoms with Gasteiger partial charge in [0.05, 0.1) is 5.41 Å². The molecular weight excluding hydrogens is 377 g/mol. The summed E-state index contributed by atoms with van der Waals surface area (Å²) < 4.78 is 15.0. The van der Waals surface area contributed by atoms with E-state index in [1.54, 1.807) is 14.0 Å². The minimum Gasteiger partial charge on any atom is -0.369 e. The maximum atomic E-state index is 15.0. The fourth-order valence-corrected chi connectivity index (χ4v) is 4.70. The zero-order valence-corrected chi connectivity index (χ0v) is 18.2. The molecular formula is C25H30FN3O. The van der Waals surface area contributed by atoms with Gasteiger partial charge in [0.2, 0.25) is 5.91 Å². The van der Waals surface area contributed by atoms with E-state index in [1.165, 1.54) is 23.0 Å². The number of aryl methyl sites for hydroxylation is 1. The number of hydrogen-bond acceptors (Lipinski definition) is 3. The lowest BCUT2D eigenvalue weighted by Crippen LogP contribution is -2.58. The molecule has 2 aromatic rings. The van der Waals surface area contributed by atoms with E-state index in [4.69, 9.17) is 5.73 Å². The fourth-order valence-electron chi connectivity index (χ4n) is 4.70. The van der Waals surface area contributed by atoms with Crippen molar-refractivity contribution < 1.29 is 9.18 Å². The van der Waals surface area contributed by atoms with Gasteiger partial charge >= 0.3 is 0 Å². The zero-order valence-electron chi connectivity index (χ0n) is 18.2. The summed E-state index contributed by atoms with van der Waals surface area (Å²) in [5.41, 5.74) is 6.94. The zero-order chi connectivity index (χ0) is 21.7. The normalized spacial score (nSPS) is 27.7. The average molecular weight is 408 g/mol. The number of carbonyl (C=O) groups excluding carboxylic acids is 1. The van der Waals surface area contributed by atoms with Crippen LogP contribution in [0.4, 0.5) is 4.39 Å². The molecule has 2 aliphatic rings. The highest BCUT2D eigenvalue weighted by atomic mass is 19.1. The predicted octanol–water partition coefficient (Wildman–Crippen LogP) is 4.59. The lowest BCUT2D eigenvalue weighted by Gasteiger charge is -2.46. The van der Waals surface area contributed by atoms with Crippen LogP contribution in [0.5, 0.6) is 0 Å². The number of nitrogens with two attached hydrogens (primary N) is 1. The van der Waals surface area contributed by atoms with E-state index < -0.39 is 11.0 Å². The summed E-state index contributed by atoms with van der Waals surface area (Å²) in [5, 5.41) is 0. The Hall–Kier alpha value is -2.69. The number of hydrogen-bond donors (Lipinski definition) is 1. The number of carbonyl (C=O) groups is 1. The SMILES string of the molecule is CN1C(=O)C(C)(C)[C@@](C)(c2cc(CC[C@@H]3C[C@H]3c3ccccc3)ccc2F)N=C1N. The molecule has 0 spiro atoms. The third-order valence-corrected chi connectivity index (χ3v) is 7.25. The molecule has 0 aromatic heterocycles. The Morgan fingerprint density at radius 1 is 1.17 bits per heavy atom. The second kappa shape index (κ2) is 7.22. The molecule has 1 amide bonds. The van der Waals surface area contributed by atoms with E-state index in [2.05, 4.69) is 29.3 Å². The molecule has 0 radical (unpaired) electrons. The van der Waals surface area contributed by atoms with Gasteiger partial charge in [0.15, 0.2) is 5.96 Å². The third-order valence-electron chi connectivity index (χ3n) is 7.25. The Balaban J connectivity index is 1.56. The van der Waals surface area contributed by atoms with Crippen LogP contribution in [0.1, 0.15) is 56.2 Å². The van der Waals surface area contributed by atoms with E-state index in [-0.39, 0.29) is 17.7 Å². The van der Waals surface area contributed by atoms with Crippen molar-refractivity contribution in [3.8, 4) is 0 Å². The molecule has 4 nitrogen and oxygen atoms in total. The average Bonchev–Trinajstić information content (AvgIpc) is 3.51. The van der Waals surface area contributed by atoms with Gasteiger partial charge in [0, 0.05) is 12.6 Å². The summed E-state index contributed by atoms with van der Waals surface area (Å²) in [6.07, 6.45) is 3.16. The van der Waals surface area contributed by atoms with Gasteiger partial charge in [-0.05, 0) is 69.1 Å². The number of guanidine groups is 1. The van der Waals surface area contributed by atoms with Crippen LogP contribution in [0, 0.1) is 17.2 Å². The van der Waals surface area contributed by atoms with Gasteiger partial charge in [-0.3, -0.25) is 9.69 Å². The number of nitrogens with zero attached hydrogens (tertiary/aromatic N) is 2. The minimum absolute atomic E-state index is 0.121. The quantitative estimate of drug-likeness (QED) is 0.788. The Kier molecular flexibility index (Phi) is 4.95. The monoisotopic (exact) mass is 407 g/mol. The van der Waals surface area contributed by atoms with Gasteiger partial charge in [-0.15, -0.1) is 0 Å². The van der Waals surface area contributed by atoms with Crippen LogP contribution in [-0.2, 0) is 16.8 Å². The van der Waals surface area contributed by atoms with Gasteiger partial charge in [-0.1, -0.05) is 42.5 Å². The summed E-state index contributed by atoms with van der Waals surface area (Å²) in [4.78, 5) is 18.8. The molecule has 2 N–H and O–H groups in total. The topological polar surface area (TPSA) is 58.7 Å². The van der Waals surface area contributed by atoms with Crippen molar-refractivity contribution >= 4 is 11.9 Å². The Morgan fingerprint density at radius 2 is 1.87 bits per heavy atom. The first-order valence-electron chi connectivity index (χ1n) is 10.6. The van der Waals surface area contributed by atoms with Crippen molar-refractivity contribution in [2.45, 2.75) is 51.5 Å². The summed E-state index contributed by atoms with van der Waals surface area (Å²) in [6, 6.07) is 15.9. The van der Waals surface area contributed by atoms with Crippen molar-refractivity contribution in [3.63, 3.8) is 0 Å². The number of rotatable bonds is 5. The molecule has 1 heterocycles. The summed E-state index contributed by atoms with van der Waals surface area (Å²) >= 11 is 0. The Bertz CT molecular complexity index is 1000. The van der Waals surface area contributed by atoms with Gasteiger partial charge < -0.3 is 5.73 Å². The lowest BCUT2D eigenvalue weighted by molar-refractivity contribution is -0.140. The van der Waals surface area contributed by atoms with E-state index in [0.29, 0.717) is 17.4 Å². The molecule has 1 aliphatic carbocycles. The standard InChI is InChI=1S/C25H30FN3O/c1-24(2)22(30)29(4)23(27)28-25(24,3)20-14-16(11-13-21(20)26)10-12-18-15-19(18)17-8-6-5-7-9-17/h5-9,11,13-14,18-19H,10,12,15H2,1-4H3,(H2,27,28)/t18-,19+,25-/m1/s1. The molecule has 5 heteroatoms. The first-order valence-corrected chi connectivity index (χ1v) is 10.6. The largest absolute Gasteiger partial charge is 0.369 e. The van der Waals surface area contributed by atoms with Crippen LogP contribution in [0.2, 0.25) is 0 Å². The molecule has 0 bridgehead atoms. The van der Waals surface area contributed by atoms with Crippen LogP contribution < -0.4 is 5.73 Å². The molecule has 30 heavy (non-hydrogen) atoms. The first kappa shape index (κ1) is 20.6. The predicted molar refractivity (Wildman–Crippen MR) is 118 cm³/mol. The number of aliphatic imine (C=N–C) groups is 1. The van der Waals surface area contributed by atoms with Crippen molar-refractivity contribution in [2.24, 2.45) is 22.1 Å². The van der Waals surface area contributed by atoms with E-state index in [9.17, 15) is 9.18 Å². The number of benzene rings is 2. The molecule has 1 aliphatic heterocycles. The molecule has 1 saturated carbocycles. The van der Waals surface area contributed by atoms with E-state index >= 15 is 0 Å². The molecule has 3 atom stereocenters. The van der Waals surface area contributed by atoms with Crippen molar-refractivity contribution in [1.29, 1.82) is 0 Å². The van der Waals surface area contributed by atoms with Gasteiger partial charge in [0.25, 0.3) is 0 Å². The molecule has 0 saturated heterocycles. The summed E-state index contributed by atoms with van der Waals surface area (Å²) in [6.45, 7) is 5.42. The minimum atomic E-state index is -1.06. The summed E-state index contributed by atoms with van der Waals surface area (Å²) in [5.74, 6) is 0.920. The van der Waals surface area contributed by atoms with Crippen molar-refractivity contribution in [2.75, 3.05) is 7.05 Å². The highest BCUT2D eigenvalue weighted by Gasteiger charge is 2.53. The number of amides is 1. The highest BCUT2D eigenvalue weighted by Crippen LogP contribution is 2.50. The van der Waals surface area contributed by atoms with E-state index in [1.807, 2.05) is 32.0 Å². The van der Waals surface area contributed by atoms with Gasteiger partial charge in [0.1, 0.15) is 11.4 Å². The van der Waals surface area contributed by atoms with Crippen LogP contribution in [-0.4, -0.2) is 23.8 Å². The molecule has 158 valence electrons. The molecule has 4 rings (SSSR count). The van der Waals surface area contributed by atoms with Crippen molar-refractivity contribution in [3.05, 3.63) is 71.0 Å². The van der Waals surface area contributed by atoms with Crippen LogP contribution >= 0.6 is 0 Å². The maximum Gasteiger partial charge on any atom is 0.237 e. The lowest BCUT2D eigenvalue weighted by atomic mass is 9.67. The van der Waals surface area contributed by atoms with Crippen LogP contribution in [0.15, 0.2) is 53.5 Å². The van der Waals surface area contributed by atoms with Crippen molar-refractivity contribution in [1.82, 2.24) is 4.90 Å². The second-order valence-corrected chi connectivity index (χ2v) is 9.40. The third kappa shape index (κ3) is 3.30. The Morgan fingerprint density at radius 3 is 2.57 bits per heavy atom.